The number of aryl methyl sites for hydroxylation is 1. The van der Waals surface area contributed by atoms with Crippen LogP contribution in [-0.4, -0.2) is 21.9 Å². The number of anilines is 1. The van der Waals surface area contributed by atoms with E-state index in [1.54, 1.807) is 26.1 Å². The molecule has 7 heteroatoms. The van der Waals surface area contributed by atoms with Gasteiger partial charge in [-0.1, -0.05) is 13.0 Å². The van der Waals surface area contributed by atoms with E-state index in [4.69, 9.17) is 4.74 Å². The van der Waals surface area contributed by atoms with Gasteiger partial charge in [0.25, 0.3) is 0 Å². The van der Waals surface area contributed by atoms with Crippen molar-refractivity contribution in [1.82, 2.24) is 9.97 Å². The van der Waals surface area contributed by atoms with Gasteiger partial charge >= 0.3 is 5.69 Å². The molecule has 0 saturated carbocycles. The molecule has 21 heavy (non-hydrogen) atoms. The maximum atomic E-state index is 11.2. The van der Waals surface area contributed by atoms with Gasteiger partial charge in [-0.3, -0.25) is 10.1 Å². The van der Waals surface area contributed by atoms with Crippen molar-refractivity contribution in [3.8, 4) is 11.6 Å². The van der Waals surface area contributed by atoms with Crippen LogP contribution in [0.15, 0.2) is 24.5 Å². The number of nitrogens with one attached hydrogen (secondary N) is 1. The van der Waals surface area contributed by atoms with Gasteiger partial charge in [-0.05, 0) is 25.0 Å². The predicted molar refractivity (Wildman–Crippen MR) is 78.9 cm³/mol. The van der Waals surface area contributed by atoms with Crippen molar-refractivity contribution >= 4 is 11.5 Å². The molecule has 0 aliphatic heterocycles. The highest BCUT2D eigenvalue weighted by atomic mass is 16.6. The summed E-state index contributed by atoms with van der Waals surface area (Å²) in [5, 5.41) is 14.1. The number of nitrogens with zero attached hydrogens (tertiary/aromatic N) is 3. The molecule has 0 radical (unpaired) electrons. The average Bonchev–Trinajstić information content (AvgIpc) is 2.49. The van der Waals surface area contributed by atoms with Gasteiger partial charge in [0.05, 0.1) is 10.5 Å². The zero-order valence-electron chi connectivity index (χ0n) is 12.1. The quantitative estimate of drug-likeness (QED) is 0.671. The Bertz CT molecular complexity index is 673. The maximum absolute atomic E-state index is 11.2. The number of nitro groups is 1. The van der Waals surface area contributed by atoms with E-state index in [2.05, 4.69) is 15.3 Å². The van der Waals surface area contributed by atoms with Crippen LogP contribution in [0.4, 0.5) is 11.5 Å². The Morgan fingerprint density at radius 1 is 1.38 bits per heavy atom. The number of hydrogen-bond donors (Lipinski definition) is 1. The van der Waals surface area contributed by atoms with Crippen molar-refractivity contribution in [1.29, 1.82) is 0 Å². The van der Waals surface area contributed by atoms with E-state index in [0.29, 0.717) is 17.3 Å². The van der Waals surface area contributed by atoms with Crippen LogP contribution in [0.3, 0.4) is 0 Å². The summed E-state index contributed by atoms with van der Waals surface area (Å²) >= 11 is 0. The van der Waals surface area contributed by atoms with E-state index in [1.807, 2.05) is 6.92 Å². The molecule has 0 spiro atoms. The van der Waals surface area contributed by atoms with Gasteiger partial charge in [-0.15, -0.1) is 0 Å². The number of rotatable bonds is 5. The van der Waals surface area contributed by atoms with Crippen LogP contribution in [-0.2, 0) is 6.42 Å². The van der Waals surface area contributed by atoms with Gasteiger partial charge in [0.15, 0.2) is 0 Å². The summed E-state index contributed by atoms with van der Waals surface area (Å²) in [6.45, 7) is 3.72. The Kier molecular flexibility index (Phi) is 4.32. The molecule has 0 amide bonds. The average molecular weight is 288 g/mol. The lowest BCUT2D eigenvalue weighted by Gasteiger charge is -2.10. The number of nitro benzene ring substituents is 1. The Balaban J connectivity index is 2.42. The highest BCUT2D eigenvalue weighted by Gasteiger charge is 2.18. The normalized spacial score (nSPS) is 10.2. The van der Waals surface area contributed by atoms with E-state index in [-0.39, 0.29) is 11.4 Å². The van der Waals surface area contributed by atoms with Crippen LogP contribution in [0, 0.1) is 17.0 Å². The highest BCUT2D eigenvalue weighted by Crippen LogP contribution is 2.33. The third kappa shape index (κ3) is 3.07. The molecule has 0 saturated heterocycles. The summed E-state index contributed by atoms with van der Waals surface area (Å²) in [4.78, 5) is 18.8. The third-order valence-electron chi connectivity index (χ3n) is 3.11. The fourth-order valence-corrected chi connectivity index (χ4v) is 1.90. The molecule has 1 aromatic carbocycles. The minimum Gasteiger partial charge on any atom is -0.431 e. The lowest BCUT2D eigenvalue weighted by molar-refractivity contribution is -0.385. The lowest BCUT2D eigenvalue weighted by Crippen LogP contribution is -2.01. The summed E-state index contributed by atoms with van der Waals surface area (Å²) in [5.74, 6) is 1.08. The van der Waals surface area contributed by atoms with Gasteiger partial charge in [-0.2, -0.15) is 0 Å². The van der Waals surface area contributed by atoms with E-state index in [9.17, 15) is 10.1 Å². The van der Waals surface area contributed by atoms with E-state index < -0.39 is 4.92 Å². The van der Waals surface area contributed by atoms with Crippen molar-refractivity contribution in [3.05, 3.63) is 45.8 Å². The fraction of sp³-hybridized carbons (Fsp3) is 0.286. The first-order chi connectivity index (χ1) is 10.1. The van der Waals surface area contributed by atoms with E-state index in [1.165, 1.54) is 12.4 Å². The van der Waals surface area contributed by atoms with E-state index in [0.717, 1.165) is 12.0 Å². The molecule has 0 aliphatic carbocycles. The molecule has 0 fully saturated rings. The second-order valence-electron chi connectivity index (χ2n) is 4.42. The molecule has 1 N–H and O–H groups in total. The van der Waals surface area contributed by atoms with Crippen molar-refractivity contribution in [2.24, 2.45) is 0 Å². The second-order valence-corrected chi connectivity index (χ2v) is 4.42. The van der Waals surface area contributed by atoms with Crippen LogP contribution in [0.2, 0.25) is 0 Å². The highest BCUT2D eigenvalue weighted by molar-refractivity contribution is 5.53. The van der Waals surface area contributed by atoms with Crippen LogP contribution >= 0.6 is 0 Å². The molecule has 0 atom stereocenters. The molecule has 2 aromatic rings. The molecule has 7 nitrogen and oxygen atoms in total. The first-order valence-corrected chi connectivity index (χ1v) is 6.51. The number of aromatic nitrogens is 2. The van der Waals surface area contributed by atoms with E-state index >= 15 is 0 Å². The SMILES string of the molecule is CCc1ccc(Oc2ncnc(NC)c2C)c([N+](=O)[O-])c1. The first kappa shape index (κ1) is 14.7. The molecule has 2 rings (SSSR count). The van der Waals surface area contributed by atoms with Gasteiger partial charge in [-0.25, -0.2) is 9.97 Å². The molecule has 1 heterocycles. The van der Waals surface area contributed by atoms with Crippen molar-refractivity contribution in [2.75, 3.05) is 12.4 Å². The zero-order valence-corrected chi connectivity index (χ0v) is 12.1. The van der Waals surface area contributed by atoms with Crippen LogP contribution in [0.5, 0.6) is 11.6 Å². The molecule has 0 aliphatic rings. The standard InChI is InChI=1S/C14H16N4O3/c1-4-10-5-6-12(11(7-10)18(19)20)21-14-9(2)13(15-3)16-8-17-14/h5-8H,4H2,1-3H3,(H,15,16,17). The number of benzene rings is 1. The number of hydrogen-bond acceptors (Lipinski definition) is 6. The molecular weight excluding hydrogens is 272 g/mol. The first-order valence-electron chi connectivity index (χ1n) is 6.51. The molecule has 1 aromatic heterocycles. The summed E-state index contributed by atoms with van der Waals surface area (Å²) in [6.07, 6.45) is 2.07. The molecule has 0 unspecified atom stereocenters. The summed E-state index contributed by atoms with van der Waals surface area (Å²) in [6, 6.07) is 4.92. The predicted octanol–water partition coefficient (Wildman–Crippen LogP) is 3.09. The van der Waals surface area contributed by atoms with Crippen molar-refractivity contribution in [3.63, 3.8) is 0 Å². The third-order valence-corrected chi connectivity index (χ3v) is 3.11. The van der Waals surface area contributed by atoms with Gasteiger partial charge in [0, 0.05) is 13.1 Å². The van der Waals surface area contributed by atoms with Gasteiger partial charge in [0.1, 0.15) is 12.1 Å². The number of ether oxygens (including phenoxy) is 1. The Morgan fingerprint density at radius 3 is 2.76 bits per heavy atom. The molecule has 110 valence electrons. The van der Waals surface area contributed by atoms with Crippen LogP contribution < -0.4 is 10.1 Å². The molecular formula is C14H16N4O3. The summed E-state index contributed by atoms with van der Waals surface area (Å²) in [5.41, 5.74) is 1.50. The van der Waals surface area contributed by atoms with Crippen LogP contribution in [0.25, 0.3) is 0 Å². The van der Waals surface area contributed by atoms with Gasteiger partial charge in [0.2, 0.25) is 11.6 Å². The lowest BCUT2D eigenvalue weighted by atomic mass is 10.1. The topological polar surface area (TPSA) is 90.2 Å². The van der Waals surface area contributed by atoms with Crippen molar-refractivity contribution in [2.45, 2.75) is 20.3 Å². The maximum Gasteiger partial charge on any atom is 0.311 e. The summed E-state index contributed by atoms with van der Waals surface area (Å²) in [7, 11) is 1.73. The minimum absolute atomic E-state index is 0.0710. The van der Waals surface area contributed by atoms with Crippen LogP contribution in [0.1, 0.15) is 18.1 Å². The largest absolute Gasteiger partial charge is 0.431 e. The minimum atomic E-state index is -0.454. The fourth-order valence-electron chi connectivity index (χ4n) is 1.90. The Hall–Kier alpha value is -2.70. The Morgan fingerprint density at radius 2 is 2.14 bits per heavy atom. The zero-order chi connectivity index (χ0) is 15.4. The molecule has 0 bridgehead atoms. The second kappa shape index (κ2) is 6.17. The summed E-state index contributed by atoms with van der Waals surface area (Å²) < 4.78 is 5.61. The monoisotopic (exact) mass is 288 g/mol. The van der Waals surface area contributed by atoms with Crippen molar-refractivity contribution < 1.29 is 9.66 Å². The van der Waals surface area contributed by atoms with Gasteiger partial charge < -0.3 is 10.1 Å². The Labute approximate surface area is 122 Å². The smallest absolute Gasteiger partial charge is 0.311 e.